The lowest BCUT2D eigenvalue weighted by atomic mass is 10.1. The van der Waals surface area contributed by atoms with Crippen LogP contribution in [0.1, 0.15) is 20.3 Å². The zero-order valence-electron chi connectivity index (χ0n) is 11.5. The van der Waals surface area contributed by atoms with Crippen LogP contribution in [0, 0.1) is 11.3 Å². The molecule has 3 rings (SSSR count). The Bertz CT molecular complexity index is 764. The van der Waals surface area contributed by atoms with Crippen LogP contribution in [0.25, 0.3) is 5.65 Å². The van der Waals surface area contributed by atoms with Crippen molar-refractivity contribution in [2.75, 3.05) is 12.3 Å². The second-order valence-electron chi connectivity index (χ2n) is 5.97. The van der Waals surface area contributed by atoms with Gasteiger partial charge in [0.05, 0.1) is 0 Å². The fraction of sp³-hybridized carbons (Fsp3) is 0.462. The molecule has 2 heterocycles. The number of anilines is 1. The van der Waals surface area contributed by atoms with Gasteiger partial charge in [0.25, 0.3) is 10.0 Å². The van der Waals surface area contributed by atoms with E-state index in [4.69, 9.17) is 5.73 Å². The third-order valence-corrected chi connectivity index (χ3v) is 5.46. The number of nitrogens with one attached hydrogen (secondary N) is 1. The Morgan fingerprint density at radius 1 is 1.50 bits per heavy atom. The quantitative estimate of drug-likeness (QED) is 0.888. The normalized spacial score (nSPS) is 21.2. The smallest absolute Gasteiger partial charge is 0.260 e. The van der Waals surface area contributed by atoms with Crippen molar-refractivity contribution in [3.63, 3.8) is 0 Å². The van der Waals surface area contributed by atoms with Gasteiger partial charge in [-0.05, 0) is 29.9 Å². The molecular formula is C13H18N4O2S. The van der Waals surface area contributed by atoms with Gasteiger partial charge < -0.3 is 5.73 Å². The minimum atomic E-state index is -3.65. The molecule has 1 unspecified atom stereocenters. The molecule has 20 heavy (non-hydrogen) atoms. The Kier molecular flexibility index (Phi) is 2.81. The first-order valence-electron chi connectivity index (χ1n) is 6.53. The van der Waals surface area contributed by atoms with Crippen molar-refractivity contribution in [3.8, 4) is 0 Å². The first-order valence-corrected chi connectivity index (χ1v) is 8.02. The molecule has 6 nitrogen and oxygen atoms in total. The van der Waals surface area contributed by atoms with E-state index >= 15 is 0 Å². The molecule has 7 heteroatoms. The molecule has 0 aromatic carbocycles. The molecular weight excluding hydrogens is 276 g/mol. The molecule has 1 aliphatic carbocycles. The van der Waals surface area contributed by atoms with E-state index < -0.39 is 10.0 Å². The molecule has 0 radical (unpaired) electrons. The van der Waals surface area contributed by atoms with E-state index in [2.05, 4.69) is 23.6 Å². The number of fused-ring (bicyclic) bond motifs is 1. The Morgan fingerprint density at radius 3 is 2.85 bits per heavy atom. The topological polar surface area (TPSA) is 89.5 Å². The lowest BCUT2D eigenvalue weighted by Gasteiger charge is -2.08. The fourth-order valence-electron chi connectivity index (χ4n) is 2.46. The third-order valence-electron chi connectivity index (χ3n) is 4.00. The highest BCUT2D eigenvalue weighted by Gasteiger charge is 2.45. The average molecular weight is 294 g/mol. The number of nitrogens with zero attached hydrogens (tertiary/aromatic N) is 2. The van der Waals surface area contributed by atoms with Crippen molar-refractivity contribution < 1.29 is 8.42 Å². The second kappa shape index (κ2) is 4.20. The lowest BCUT2D eigenvalue weighted by molar-refractivity contribution is 0.536. The molecule has 0 saturated heterocycles. The van der Waals surface area contributed by atoms with Crippen molar-refractivity contribution in [1.82, 2.24) is 14.1 Å². The number of hydrogen-bond donors (Lipinski definition) is 2. The Balaban J connectivity index is 1.91. The van der Waals surface area contributed by atoms with Crippen LogP contribution in [0.4, 0.5) is 5.82 Å². The highest BCUT2D eigenvalue weighted by molar-refractivity contribution is 7.89. The summed E-state index contributed by atoms with van der Waals surface area (Å²) in [6.45, 7) is 4.71. The van der Waals surface area contributed by atoms with Crippen molar-refractivity contribution in [2.24, 2.45) is 11.3 Å². The summed E-state index contributed by atoms with van der Waals surface area (Å²) in [6, 6.07) is 5.26. The van der Waals surface area contributed by atoms with Crippen molar-refractivity contribution in [3.05, 3.63) is 24.4 Å². The number of aromatic nitrogens is 2. The van der Waals surface area contributed by atoms with E-state index in [1.54, 1.807) is 24.4 Å². The molecule has 0 spiro atoms. The number of nitrogen functional groups attached to an aromatic ring is 1. The van der Waals surface area contributed by atoms with Gasteiger partial charge in [0.15, 0.2) is 10.8 Å². The molecule has 0 bridgehead atoms. The van der Waals surface area contributed by atoms with E-state index in [1.165, 1.54) is 4.40 Å². The minimum absolute atomic E-state index is 0.0200. The summed E-state index contributed by atoms with van der Waals surface area (Å²) >= 11 is 0. The highest BCUT2D eigenvalue weighted by atomic mass is 32.2. The summed E-state index contributed by atoms with van der Waals surface area (Å²) in [6.07, 6.45) is 2.69. The first kappa shape index (κ1) is 13.4. The van der Waals surface area contributed by atoms with Crippen LogP contribution in [0.5, 0.6) is 0 Å². The summed E-state index contributed by atoms with van der Waals surface area (Å²) in [7, 11) is -3.65. The molecule has 0 amide bonds. The standard InChI is InChI=1S/C13H18N4O2S/c1-13(2)7-9(13)8-15-20(18,19)12-11(14)16-10-5-3-4-6-17(10)12/h3-6,9,15H,7-8,14H2,1-2H3. The Hall–Kier alpha value is -1.60. The van der Waals surface area contributed by atoms with Gasteiger partial charge in [0.1, 0.15) is 5.65 Å². The number of pyridine rings is 1. The first-order chi connectivity index (χ1) is 9.31. The van der Waals surface area contributed by atoms with Gasteiger partial charge in [0, 0.05) is 12.7 Å². The van der Waals surface area contributed by atoms with Crippen LogP contribution >= 0.6 is 0 Å². The van der Waals surface area contributed by atoms with E-state index in [0.717, 1.165) is 6.42 Å². The molecule has 2 aromatic heterocycles. The van der Waals surface area contributed by atoms with Gasteiger partial charge in [-0.15, -0.1) is 0 Å². The maximum Gasteiger partial charge on any atom is 0.260 e. The largest absolute Gasteiger partial charge is 0.381 e. The highest BCUT2D eigenvalue weighted by Crippen LogP contribution is 2.51. The van der Waals surface area contributed by atoms with Gasteiger partial charge >= 0.3 is 0 Å². The summed E-state index contributed by atoms with van der Waals surface area (Å²) in [5, 5.41) is 0.0200. The Labute approximate surface area is 118 Å². The zero-order chi connectivity index (χ0) is 14.5. The summed E-state index contributed by atoms with van der Waals surface area (Å²) in [5.74, 6) is 0.413. The summed E-state index contributed by atoms with van der Waals surface area (Å²) < 4.78 is 29.0. The van der Waals surface area contributed by atoms with Gasteiger partial charge in [0.2, 0.25) is 0 Å². The van der Waals surface area contributed by atoms with Crippen molar-refractivity contribution in [1.29, 1.82) is 0 Å². The third kappa shape index (κ3) is 2.16. The number of sulfonamides is 1. The predicted molar refractivity (Wildman–Crippen MR) is 76.7 cm³/mol. The van der Waals surface area contributed by atoms with Crippen LogP contribution in [-0.4, -0.2) is 24.3 Å². The number of rotatable bonds is 4. The number of nitrogens with two attached hydrogens (primary N) is 1. The van der Waals surface area contributed by atoms with Gasteiger partial charge in [-0.1, -0.05) is 19.9 Å². The van der Waals surface area contributed by atoms with Crippen molar-refractivity contribution in [2.45, 2.75) is 25.3 Å². The fourth-order valence-corrected chi connectivity index (χ4v) is 3.75. The molecule has 1 aliphatic rings. The molecule has 1 saturated carbocycles. The number of imidazole rings is 1. The maximum atomic E-state index is 12.4. The zero-order valence-corrected chi connectivity index (χ0v) is 12.3. The number of hydrogen-bond acceptors (Lipinski definition) is 4. The van der Waals surface area contributed by atoms with Gasteiger partial charge in [-0.3, -0.25) is 4.40 Å². The van der Waals surface area contributed by atoms with E-state index in [9.17, 15) is 8.42 Å². The van der Waals surface area contributed by atoms with Crippen LogP contribution in [-0.2, 0) is 10.0 Å². The molecule has 2 aromatic rings. The molecule has 3 N–H and O–H groups in total. The average Bonchev–Trinajstić information content (AvgIpc) is 2.81. The summed E-state index contributed by atoms with van der Waals surface area (Å²) in [4.78, 5) is 4.07. The van der Waals surface area contributed by atoms with E-state index in [0.29, 0.717) is 18.1 Å². The minimum Gasteiger partial charge on any atom is -0.381 e. The SMILES string of the molecule is CC1(C)CC1CNS(=O)(=O)c1c(N)nc2ccccn12. The van der Waals surface area contributed by atoms with Crippen molar-refractivity contribution >= 4 is 21.5 Å². The lowest BCUT2D eigenvalue weighted by Crippen LogP contribution is -2.28. The summed E-state index contributed by atoms with van der Waals surface area (Å²) in [5.41, 5.74) is 6.52. The molecule has 108 valence electrons. The van der Waals surface area contributed by atoms with Crippen LogP contribution < -0.4 is 10.5 Å². The Morgan fingerprint density at radius 2 is 2.20 bits per heavy atom. The molecule has 0 aliphatic heterocycles. The van der Waals surface area contributed by atoms with Gasteiger partial charge in [-0.25, -0.2) is 18.1 Å². The monoisotopic (exact) mass is 294 g/mol. The van der Waals surface area contributed by atoms with Gasteiger partial charge in [-0.2, -0.15) is 0 Å². The molecule has 1 fully saturated rings. The van der Waals surface area contributed by atoms with E-state index in [-0.39, 0.29) is 16.3 Å². The van der Waals surface area contributed by atoms with E-state index in [1.807, 2.05) is 0 Å². The molecule has 1 atom stereocenters. The van der Waals surface area contributed by atoms with Crippen LogP contribution in [0.2, 0.25) is 0 Å². The predicted octanol–water partition coefficient (Wildman–Crippen LogP) is 1.24. The second-order valence-corrected chi connectivity index (χ2v) is 7.65. The van der Waals surface area contributed by atoms with Crippen LogP contribution in [0.15, 0.2) is 29.4 Å². The maximum absolute atomic E-state index is 12.4. The van der Waals surface area contributed by atoms with Crippen LogP contribution in [0.3, 0.4) is 0 Å².